The Hall–Kier alpha value is -0.540. The third-order valence-electron chi connectivity index (χ3n) is 4.88. The van der Waals surface area contributed by atoms with Crippen molar-refractivity contribution in [3.05, 3.63) is 28.2 Å². The van der Waals surface area contributed by atoms with Crippen LogP contribution in [-0.4, -0.2) is 19.1 Å². The number of rotatable bonds is 5. The molecule has 3 atom stereocenters. The normalized spacial score (nSPS) is 26.2. The van der Waals surface area contributed by atoms with Crippen LogP contribution in [0, 0.1) is 5.92 Å². The van der Waals surface area contributed by atoms with Gasteiger partial charge in [-0.2, -0.15) is 0 Å². The highest BCUT2D eigenvalue weighted by Crippen LogP contribution is 2.42. The molecule has 3 rings (SSSR count). The van der Waals surface area contributed by atoms with Crippen LogP contribution >= 0.6 is 15.9 Å². The molecule has 1 aromatic rings. The average Bonchev–Trinajstić information content (AvgIpc) is 3.07. The maximum atomic E-state index is 3.64. The van der Waals surface area contributed by atoms with E-state index in [1.54, 1.807) is 0 Å². The van der Waals surface area contributed by atoms with Crippen molar-refractivity contribution < 1.29 is 0 Å². The van der Waals surface area contributed by atoms with Crippen LogP contribution in [-0.2, 0) is 0 Å². The Bertz CT molecular complexity index is 474. The predicted octanol–water partition coefficient (Wildman–Crippen LogP) is 4.50. The van der Waals surface area contributed by atoms with Crippen LogP contribution < -0.4 is 10.2 Å². The van der Waals surface area contributed by atoms with E-state index in [4.69, 9.17) is 0 Å². The number of hydrogen-bond donors (Lipinski definition) is 1. The van der Waals surface area contributed by atoms with Gasteiger partial charge in [-0.05, 0) is 68.8 Å². The van der Waals surface area contributed by atoms with Crippen molar-refractivity contribution in [2.45, 2.75) is 51.6 Å². The minimum absolute atomic E-state index is 0.418. The van der Waals surface area contributed by atoms with Crippen molar-refractivity contribution in [1.82, 2.24) is 5.32 Å². The number of benzene rings is 1. The molecule has 1 N–H and O–H groups in total. The van der Waals surface area contributed by atoms with Crippen LogP contribution in [0.4, 0.5) is 5.69 Å². The quantitative estimate of drug-likeness (QED) is 0.851. The molecule has 3 unspecified atom stereocenters. The zero-order valence-electron chi connectivity index (χ0n) is 12.5. The van der Waals surface area contributed by atoms with Crippen LogP contribution in [0.5, 0.6) is 0 Å². The van der Waals surface area contributed by atoms with Crippen molar-refractivity contribution in [2.24, 2.45) is 5.92 Å². The summed E-state index contributed by atoms with van der Waals surface area (Å²) >= 11 is 3.64. The predicted molar refractivity (Wildman–Crippen MR) is 89.3 cm³/mol. The molecule has 1 heterocycles. The first-order chi connectivity index (χ1) is 9.69. The number of halogens is 1. The molecule has 2 bridgehead atoms. The van der Waals surface area contributed by atoms with Crippen LogP contribution in [0.2, 0.25) is 0 Å². The average molecular weight is 337 g/mol. The summed E-state index contributed by atoms with van der Waals surface area (Å²) in [5, 5.41) is 3.64. The Kier molecular flexibility index (Phi) is 4.37. The van der Waals surface area contributed by atoms with E-state index in [1.807, 2.05) is 0 Å². The van der Waals surface area contributed by atoms with Gasteiger partial charge in [0, 0.05) is 28.8 Å². The first-order valence-corrected chi connectivity index (χ1v) is 8.77. The summed E-state index contributed by atoms with van der Waals surface area (Å²) in [6, 6.07) is 8.01. The summed E-state index contributed by atoms with van der Waals surface area (Å²) in [5.41, 5.74) is 2.90. The third-order valence-corrected chi connectivity index (χ3v) is 5.37. The zero-order valence-corrected chi connectivity index (χ0v) is 14.1. The second-order valence-corrected chi connectivity index (χ2v) is 7.28. The van der Waals surface area contributed by atoms with E-state index >= 15 is 0 Å². The van der Waals surface area contributed by atoms with Crippen molar-refractivity contribution in [1.29, 1.82) is 0 Å². The molecule has 2 fully saturated rings. The number of hydrogen-bond acceptors (Lipinski definition) is 2. The SMILES string of the molecule is CCCNC(C)c1cc(Br)ccc1N1CC2CCC1C2. The van der Waals surface area contributed by atoms with Gasteiger partial charge in [-0.25, -0.2) is 0 Å². The van der Waals surface area contributed by atoms with E-state index in [9.17, 15) is 0 Å². The second-order valence-electron chi connectivity index (χ2n) is 6.36. The summed E-state index contributed by atoms with van der Waals surface area (Å²) in [7, 11) is 0. The lowest BCUT2D eigenvalue weighted by Crippen LogP contribution is -2.33. The van der Waals surface area contributed by atoms with Gasteiger partial charge in [0.15, 0.2) is 0 Å². The molecule has 0 amide bonds. The highest BCUT2D eigenvalue weighted by Gasteiger charge is 2.38. The van der Waals surface area contributed by atoms with Crippen molar-refractivity contribution >= 4 is 21.6 Å². The second kappa shape index (κ2) is 6.07. The number of anilines is 1. The maximum absolute atomic E-state index is 3.64. The molecule has 20 heavy (non-hydrogen) atoms. The molecule has 1 aliphatic carbocycles. The van der Waals surface area contributed by atoms with Crippen molar-refractivity contribution in [3.63, 3.8) is 0 Å². The number of nitrogens with zero attached hydrogens (tertiary/aromatic N) is 1. The fourth-order valence-electron chi connectivity index (χ4n) is 3.82. The van der Waals surface area contributed by atoms with Gasteiger partial charge >= 0.3 is 0 Å². The highest BCUT2D eigenvalue weighted by atomic mass is 79.9. The van der Waals surface area contributed by atoms with Crippen LogP contribution in [0.1, 0.15) is 51.1 Å². The molecule has 1 saturated heterocycles. The van der Waals surface area contributed by atoms with Crippen LogP contribution in [0.3, 0.4) is 0 Å². The van der Waals surface area contributed by atoms with Gasteiger partial charge in [-0.3, -0.25) is 0 Å². The lowest BCUT2D eigenvalue weighted by atomic mass is 10.0. The number of fused-ring (bicyclic) bond motifs is 2. The van der Waals surface area contributed by atoms with E-state index in [-0.39, 0.29) is 0 Å². The summed E-state index contributed by atoms with van der Waals surface area (Å²) in [5.74, 6) is 0.940. The Balaban J connectivity index is 1.86. The van der Waals surface area contributed by atoms with E-state index in [1.165, 1.54) is 48.0 Å². The lowest BCUT2D eigenvalue weighted by molar-refractivity contribution is 0.541. The summed E-state index contributed by atoms with van der Waals surface area (Å²) in [4.78, 5) is 2.67. The molecule has 0 aromatic heterocycles. The molecule has 0 spiro atoms. The van der Waals surface area contributed by atoms with Gasteiger partial charge in [0.25, 0.3) is 0 Å². The monoisotopic (exact) mass is 336 g/mol. The Labute approximate surface area is 131 Å². The summed E-state index contributed by atoms with van der Waals surface area (Å²) < 4.78 is 1.19. The lowest BCUT2D eigenvalue weighted by Gasteiger charge is -2.32. The molecule has 1 aromatic carbocycles. The molecular weight excluding hydrogens is 312 g/mol. The maximum Gasteiger partial charge on any atom is 0.0418 e. The Morgan fingerprint density at radius 2 is 2.25 bits per heavy atom. The molecular formula is C17H25BrN2. The topological polar surface area (TPSA) is 15.3 Å². The van der Waals surface area contributed by atoms with Gasteiger partial charge < -0.3 is 10.2 Å². The molecule has 1 aliphatic heterocycles. The molecule has 2 nitrogen and oxygen atoms in total. The number of nitrogens with one attached hydrogen (secondary N) is 1. The molecule has 110 valence electrons. The minimum Gasteiger partial charge on any atom is -0.368 e. The highest BCUT2D eigenvalue weighted by molar-refractivity contribution is 9.10. The van der Waals surface area contributed by atoms with Gasteiger partial charge in [0.05, 0.1) is 0 Å². The standard InChI is InChI=1S/C17H25BrN2/c1-3-8-19-12(2)16-10-14(18)5-7-17(16)20-11-13-4-6-15(20)9-13/h5,7,10,12-13,15,19H,3-4,6,8-9,11H2,1-2H3. The van der Waals surface area contributed by atoms with E-state index in [0.717, 1.165) is 18.5 Å². The Morgan fingerprint density at radius 1 is 1.40 bits per heavy atom. The van der Waals surface area contributed by atoms with E-state index in [2.05, 4.69) is 58.2 Å². The minimum atomic E-state index is 0.418. The van der Waals surface area contributed by atoms with Crippen LogP contribution in [0.25, 0.3) is 0 Å². The van der Waals surface area contributed by atoms with Crippen LogP contribution in [0.15, 0.2) is 22.7 Å². The molecule has 1 saturated carbocycles. The zero-order chi connectivity index (χ0) is 14.1. The summed E-state index contributed by atoms with van der Waals surface area (Å²) in [6.07, 6.45) is 5.42. The van der Waals surface area contributed by atoms with Crippen molar-refractivity contribution in [2.75, 3.05) is 18.0 Å². The fraction of sp³-hybridized carbons (Fsp3) is 0.647. The Morgan fingerprint density at radius 3 is 2.90 bits per heavy atom. The van der Waals surface area contributed by atoms with Gasteiger partial charge in [-0.15, -0.1) is 0 Å². The fourth-order valence-corrected chi connectivity index (χ4v) is 4.20. The van der Waals surface area contributed by atoms with E-state index in [0.29, 0.717) is 6.04 Å². The van der Waals surface area contributed by atoms with Crippen molar-refractivity contribution in [3.8, 4) is 0 Å². The first kappa shape index (κ1) is 14.4. The van der Waals surface area contributed by atoms with Gasteiger partial charge in [-0.1, -0.05) is 22.9 Å². The van der Waals surface area contributed by atoms with Gasteiger partial charge in [0.2, 0.25) is 0 Å². The molecule has 3 heteroatoms. The smallest absolute Gasteiger partial charge is 0.0418 e. The first-order valence-electron chi connectivity index (χ1n) is 7.98. The summed E-state index contributed by atoms with van der Waals surface area (Å²) in [6.45, 7) is 6.86. The number of piperidine rings is 1. The van der Waals surface area contributed by atoms with E-state index < -0.39 is 0 Å². The molecule has 0 radical (unpaired) electrons. The molecule has 2 aliphatic rings. The largest absolute Gasteiger partial charge is 0.368 e. The van der Waals surface area contributed by atoms with Gasteiger partial charge in [0.1, 0.15) is 0 Å². The third kappa shape index (κ3) is 2.75.